The Labute approximate surface area is 199 Å². The molecule has 202 valence electrons. The van der Waals surface area contributed by atoms with Gasteiger partial charge in [0.1, 0.15) is 42.7 Å². The summed E-state index contributed by atoms with van der Waals surface area (Å²) in [6.07, 6.45) is -14.9. The molecule has 16 nitrogen and oxygen atoms in total. The maximum Gasteiger partial charge on any atom is 0.364 e. The van der Waals surface area contributed by atoms with Gasteiger partial charge in [-0.1, -0.05) is 0 Å². The van der Waals surface area contributed by atoms with E-state index in [4.69, 9.17) is 19.3 Å². The SMILES string of the molecule is CC(=O)N[C@@H]1[C@@H](O)[C@@H](O)[C@@H](CO[C@@]2(C(=O)O)C[C@@H](O)[C@@H](NC(C)=O)[C@@H]([C@H](O)[C@H](O)CO)O2)O[C@H]1O. The maximum absolute atomic E-state index is 12.1. The van der Waals surface area contributed by atoms with Gasteiger partial charge in [0.2, 0.25) is 11.8 Å². The normalized spacial score (nSPS) is 39.3. The number of aliphatic carboxylic acids is 1. The fourth-order valence-electron chi connectivity index (χ4n) is 3.97. The van der Waals surface area contributed by atoms with E-state index in [1.54, 1.807) is 0 Å². The van der Waals surface area contributed by atoms with Gasteiger partial charge in [-0.25, -0.2) is 4.79 Å². The van der Waals surface area contributed by atoms with Crippen molar-refractivity contribution < 1.29 is 69.4 Å². The molecule has 0 aromatic carbocycles. The lowest BCUT2D eigenvalue weighted by molar-refractivity contribution is -0.328. The number of carboxylic acid groups (broad SMARTS) is 1. The van der Waals surface area contributed by atoms with Crippen LogP contribution in [0.1, 0.15) is 20.3 Å². The molecule has 0 aromatic rings. The van der Waals surface area contributed by atoms with E-state index in [1.807, 2.05) is 0 Å². The number of amides is 2. The van der Waals surface area contributed by atoms with Crippen LogP contribution in [0, 0.1) is 0 Å². The number of carbonyl (C=O) groups is 3. The lowest BCUT2D eigenvalue weighted by atomic mass is 9.88. The molecule has 0 aliphatic carbocycles. The second-order valence-corrected chi connectivity index (χ2v) is 8.46. The van der Waals surface area contributed by atoms with Gasteiger partial charge in [-0.3, -0.25) is 9.59 Å². The van der Waals surface area contributed by atoms with Crippen LogP contribution in [0.25, 0.3) is 0 Å². The molecule has 10 N–H and O–H groups in total. The van der Waals surface area contributed by atoms with Gasteiger partial charge in [-0.15, -0.1) is 0 Å². The van der Waals surface area contributed by atoms with E-state index in [0.717, 1.165) is 13.8 Å². The first-order chi connectivity index (χ1) is 16.2. The Morgan fingerprint density at radius 2 is 1.60 bits per heavy atom. The highest BCUT2D eigenvalue weighted by molar-refractivity contribution is 5.76. The van der Waals surface area contributed by atoms with Crippen LogP contribution in [0.2, 0.25) is 0 Å². The van der Waals surface area contributed by atoms with Crippen molar-refractivity contribution in [3.8, 4) is 0 Å². The van der Waals surface area contributed by atoms with Gasteiger partial charge in [-0.2, -0.15) is 0 Å². The van der Waals surface area contributed by atoms with E-state index in [1.165, 1.54) is 0 Å². The van der Waals surface area contributed by atoms with E-state index < -0.39 is 104 Å². The number of hydrogen-bond acceptors (Lipinski definition) is 13. The first-order valence-electron chi connectivity index (χ1n) is 10.7. The Morgan fingerprint density at radius 3 is 2.11 bits per heavy atom. The van der Waals surface area contributed by atoms with Gasteiger partial charge in [-0.05, 0) is 0 Å². The Morgan fingerprint density at radius 1 is 1.03 bits per heavy atom. The number of aliphatic hydroxyl groups excluding tert-OH is 7. The largest absolute Gasteiger partial charge is 0.477 e. The molecule has 2 aliphatic heterocycles. The summed E-state index contributed by atoms with van der Waals surface area (Å²) in [5.41, 5.74) is 0. The molecule has 2 saturated heterocycles. The Hall–Kier alpha value is -1.99. The molecule has 11 atom stereocenters. The van der Waals surface area contributed by atoms with E-state index in [2.05, 4.69) is 10.6 Å². The number of carboxylic acids is 1. The first kappa shape index (κ1) is 29.2. The van der Waals surface area contributed by atoms with Crippen molar-refractivity contribution in [1.29, 1.82) is 0 Å². The molecule has 2 aliphatic rings. The fraction of sp³-hybridized carbons (Fsp3) is 0.842. The average molecular weight is 512 g/mol. The lowest BCUT2D eigenvalue weighted by Crippen LogP contribution is -2.68. The third-order valence-electron chi connectivity index (χ3n) is 5.76. The van der Waals surface area contributed by atoms with Crippen LogP contribution >= 0.6 is 0 Å². The number of ether oxygens (including phenoxy) is 3. The Bertz CT molecular complexity index is 770. The zero-order valence-corrected chi connectivity index (χ0v) is 18.9. The van der Waals surface area contributed by atoms with Crippen molar-refractivity contribution in [2.75, 3.05) is 13.2 Å². The predicted octanol–water partition coefficient (Wildman–Crippen LogP) is -5.90. The second-order valence-electron chi connectivity index (χ2n) is 8.46. The molecule has 0 unspecified atom stereocenters. The molecule has 2 fully saturated rings. The maximum atomic E-state index is 12.1. The summed E-state index contributed by atoms with van der Waals surface area (Å²) in [4.78, 5) is 34.9. The minimum absolute atomic E-state index is 0.628. The van der Waals surface area contributed by atoms with Crippen molar-refractivity contribution in [2.45, 2.75) is 87.2 Å². The molecule has 0 aromatic heterocycles. The van der Waals surface area contributed by atoms with Gasteiger partial charge >= 0.3 is 5.97 Å². The molecule has 0 bridgehead atoms. The van der Waals surface area contributed by atoms with Crippen molar-refractivity contribution >= 4 is 17.8 Å². The van der Waals surface area contributed by atoms with Gasteiger partial charge in [0.25, 0.3) is 5.79 Å². The molecule has 0 radical (unpaired) electrons. The Kier molecular flexibility index (Phi) is 9.88. The lowest BCUT2D eigenvalue weighted by Gasteiger charge is -2.47. The minimum Gasteiger partial charge on any atom is -0.477 e. The van der Waals surface area contributed by atoms with E-state index in [9.17, 15) is 50.1 Å². The molecular weight excluding hydrogens is 480 g/mol. The summed E-state index contributed by atoms with van der Waals surface area (Å²) in [7, 11) is 0. The van der Waals surface area contributed by atoms with Crippen molar-refractivity contribution in [1.82, 2.24) is 10.6 Å². The summed E-state index contributed by atoms with van der Waals surface area (Å²) in [6.45, 7) is 0.409. The van der Waals surface area contributed by atoms with Crippen molar-refractivity contribution in [3.05, 3.63) is 0 Å². The van der Waals surface area contributed by atoms with Crippen LogP contribution in [0.15, 0.2) is 0 Å². The molecule has 2 amide bonds. The number of rotatable bonds is 9. The summed E-state index contributed by atoms with van der Waals surface area (Å²) < 4.78 is 15.9. The highest BCUT2D eigenvalue weighted by atomic mass is 16.7. The van der Waals surface area contributed by atoms with Gasteiger partial charge < -0.3 is 65.7 Å². The average Bonchev–Trinajstić information content (AvgIpc) is 2.78. The molecule has 0 spiro atoms. The van der Waals surface area contributed by atoms with Crippen molar-refractivity contribution in [2.24, 2.45) is 0 Å². The van der Waals surface area contributed by atoms with Gasteiger partial charge in [0, 0.05) is 20.3 Å². The number of hydrogen-bond donors (Lipinski definition) is 10. The minimum atomic E-state index is -2.71. The second kappa shape index (κ2) is 11.8. The van der Waals surface area contributed by atoms with E-state index in [0.29, 0.717) is 0 Å². The topological polar surface area (TPSA) is 265 Å². The zero-order valence-electron chi connectivity index (χ0n) is 18.9. The fourth-order valence-corrected chi connectivity index (χ4v) is 3.97. The smallest absolute Gasteiger partial charge is 0.364 e. The highest BCUT2D eigenvalue weighted by Crippen LogP contribution is 2.34. The number of aliphatic hydroxyl groups is 7. The zero-order chi connectivity index (χ0) is 26.7. The summed E-state index contributed by atoms with van der Waals surface area (Å²) in [5, 5.41) is 84.9. The third-order valence-corrected chi connectivity index (χ3v) is 5.76. The molecule has 2 heterocycles. The van der Waals surface area contributed by atoms with E-state index >= 15 is 0 Å². The molecule has 35 heavy (non-hydrogen) atoms. The Balaban J connectivity index is 2.25. The number of nitrogens with one attached hydrogen (secondary N) is 2. The monoisotopic (exact) mass is 512 g/mol. The molecule has 16 heteroatoms. The molecule has 2 rings (SSSR count). The van der Waals surface area contributed by atoms with Crippen LogP contribution in [-0.2, 0) is 28.6 Å². The highest BCUT2D eigenvalue weighted by Gasteiger charge is 2.56. The van der Waals surface area contributed by atoms with Crippen LogP contribution in [0.4, 0.5) is 0 Å². The van der Waals surface area contributed by atoms with Crippen LogP contribution in [0.3, 0.4) is 0 Å². The van der Waals surface area contributed by atoms with Crippen LogP contribution in [-0.4, -0.2) is 139 Å². The molecular formula is C19H32N2O14. The standard InChI is InChI=1S/C19H32N2O14/c1-6(23)20-11-8(25)3-19(18(31)32,35-16(11)13(27)9(26)4-22)33-5-10-14(28)15(29)12(17(30)34-10)21-7(2)24/h8-17,22,25-30H,3-5H2,1-2H3,(H,20,23)(H,21,24)(H,31,32)/t8-,9-,10-,11-,12-,13-,14+,15-,16+,17-,19+/m1/s1. The number of carbonyl (C=O) groups excluding carboxylic acids is 2. The van der Waals surface area contributed by atoms with Crippen molar-refractivity contribution in [3.63, 3.8) is 0 Å². The summed E-state index contributed by atoms with van der Waals surface area (Å²) in [6, 6.07) is -2.80. The summed E-state index contributed by atoms with van der Waals surface area (Å²) in [5.74, 6) is -5.80. The van der Waals surface area contributed by atoms with Crippen LogP contribution in [0.5, 0.6) is 0 Å². The van der Waals surface area contributed by atoms with E-state index in [-0.39, 0.29) is 0 Å². The molecule has 0 saturated carbocycles. The van der Waals surface area contributed by atoms with Gasteiger partial charge in [0.15, 0.2) is 6.29 Å². The summed E-state index contributed by atoms with van der Waals surface area (Å²) >= 11 is 0. The first-order valence-corrected chi connectivity index (χ1v) is 10.7. The quantitative estimate of drug-likeness (QED) is 0.138. The predicted molar refractivity (Wildman–Crippen MR) is 109 cm³/mol. The third kappa shape index (κ3) is 6.62. The van der Waals surface area contributed by atoms with Crippen LogP contribution < -0.4 is 10.6 Å². The van der Waals surface area contributed by atoms with Gasteiger partial charge in [0.05, 0.1) is 25.4 Å².